The minimum Gasteiger partial charge on any atom is -0.387 e. The number of carbonyl (C=O) groups excluding carboxylic acids is 1. The zero-order valence-electron chi connectivity index (χ0n) is 18.7. The first-order valence-electron chi connectivity index (χ1n) is 10.8. The number of aliphatic hydroxyl groups is 2. The van der Waals surface area contributed by atoms with Crippen LogP contribution in [-0.4, -0.2) is 71.0 Å². The molecule has 5 heterocycles. The van der Waals surface area contributed by atoms with Gasteiger partial charge in [-0.05, 0) is 18.2 Å². The number of hydrogen-bond donors (Lipinski definition) is 4. The van der Waals surface area contributed by atoms with Crippen molar-refractivity contribution < 1.29 is 24.1 Å². The molecule has 4 aromatic heterocycles. The lowest BCUT2D eigenvalue weighted by Crippen LogP contribution is -2.41. The monoisotopic (exact) mass is 514 g/mol. The van der Waals surface area contributed by atoms with Crippen LogP contribution in [0.25, 0.3) is 22.6 Å². The van der Waals surface area contributed by atoms with Crippen molar-refractivity contribution in [3.63, 3.8) is 0 Å². The molecule has 1 aliphatic heterocycles. The van der Waals surface area contributed by atoms with Crippen LogP contribution < -0.4 is 10.6 Å². The zero-order valence-corrected chi connectivity index (χ0v) is 19.5. The Balaban J connectivity index is 1.58. The van der Waals surface area contributed by atoms with Gasteiger partial charge >= 0.3 is 0 Å². The largest absolute Gasteiger partial charge is 0.387 e. The predicted octanol–water partition coefficient (Wildman–Crippen LogP) is 1.05. The van der Waals surface area contributed by atoms with Gasteiger partial charge in [0.15, 0.2) is 35.1 Å². The van der Waals surface area contributed by atoms with Gasteiger partial charge in [0, 0.05) is 18.8 Å². The lowest BCUT2D eigenvalue weighted by Gasteiger charge is -2.17. The van der Waals surface area contributed by atoms with Gasteiger partial charge in [0.1, 0.15) is 23.2 Å². The molecule has 14 heteroatoms. The van der Waals surface area contributed by atoms with E-state index in [1.54, 1.807) is 18.2 Å². The predicted molar refractivity (Wildman–Crippen MR) is 125 cm³/mol. The topological polar surface area (TPSA) is 160 Å². The number of pyridine rings is 2. The second-order valence-corrected chi connectivity index (χ2v) is 8.35. The van der Waals surface area contributed by atoms with E-state index in [1.807, 2.05) is 0 Å². The van der Waals surface area contributed by atoms with E-state index in [0.29, 0.717) is 21.9 Å². The van der Waals surface area contributed by atoms with E-state index in [9.17, 15) is 19.4 Å². The number of halogens is 2. The number of likely N-dealkylation sites (N-methyl/N-ethyl adjacent to an activating group) is 1. The Morgan fingerprint density at radius 3 is 2.81 bits per heavy atom. The van der Waals surface area contributed by atoms with Crippen molar-refractivity contribution >= 4 is 34.5 Å². The van der Waals surface area contributed by atoms with Gasteiger partial charge in [-0.2, -0.15) is 0 Å². The lowest BCUT2D eigenvalue weighted by atomic mass is 10.1. The fraction of sp³-hybridized carbons (Fsp3) is 0.273. The summed E-state index contributed by atoms with van der Waals surface area (Å²) in [6.45, 7) is 0.236. The second-order valence-electron chi connectivity index (χ2n) is 7.96. The van der Waals surface area contributed by atoms with E-state index in [4.69, 9.17) is 16.3 Å². The Labute approximate surface area is 208 Å². The number of nitrogens with one attached hydrogen (secondary N) is 2. The number of hydrogen-bond acceptors (Lipinski definition) is 10. The normalized spacial score (nSPS) is 21.6. The van der Waals surface area contributed by atoms with Crippen LogP contribution in [0.15, 0.2) is 43.0 Å². The molecule has 1 amide bonds. The van der Waals surface area contributed by atoms with Gasteiger partial charge in [-0.25, -0.2) is 24.3 Å². The van der Waals surface area contributed by atoms with Gasteiger partial charge < -0.3 is 25.6 Å². The minimum atomic E-state index is -1.48. The first-order chi connectivity index (χ1) is 17.4. The molecule has 186 valence electrons. The first-order valence-corrected chi connectivity index (χ1v) is 11.2. The molecule has 0 bridgehead atoms. The number of amides is 1. The highest BCUT2D eigenvalue weighted by Crippen LogP contribution is 2.33. The second kappa shape index (κ2) is 9.70. The highest BCUT2D eigenvalue weighted by molar-refractivity contribution is 6.29. The van der Waals surface area contributed by atoms with E-state index in [1.165, 1.54) is 30.2 Å². The molecule has 4 aromatic rings. The Hall–Kier alpha value is -3.78. The van der Waals surface area contributed by atoms with Crippen LogP contribution >= 0.6 is 11.6 Å². The van der Waals surface area contributed by atoms with Crippen LogP contribution in [-0.2, 0) is 16.1 Å². The number of rotatable bonds is 6. The van der Waals surface area contributed by atoms with Gasteiger partial charge in [0.05, 0.1) is 24.8 Å². The molecule has 0 aliphatic carbocycles. The van der Waals surface area contributed by atoms with Crippen molar-refractivity contribution in [3.05, 3.63) is 59.7 Å². The summed E-state index contributed by atoms with van der Waals surface area (Å²) in [6.07, 6.45) is -1.60. The first kappa shape index (κ1) is 23.9. The number of anilines is 1. The molecule has 4 atom stereocenters. The molecule has 0 unspecified atom stereocenters. The Morgan fingerprint density at radius 2 is 2.06 bits per heavy atom. The summed E-state index contributed by atoms with van der Waals surface area (Å²) in [5.41, 5.74) is 1.44. The number of aromatic nitrogens is 6. The van der Waals surface area contributed by atoms with Gasteiger partial charge in [0.2, 0.25) is 0 Å². The summed E-state index contributed by atoms with van der Waals surface area (Å²) >= 11 is 5.98. The average molecular weight is 515 g/mol. The van der Waals surface area contributed by atoms with E-state index >= 15 is 0 Å². The molecule has 0 radical (unpaired) electrons. The molecule has 0 aromatic carbocycles. The molecule has 1 fully saturated rings. The summed E-state index contributed by atoms with van der Waals surface area (Å²) in [6, 6.07) is 6.41. The van der Waals surface area contributed by atoms with Crippen molar-refractivity contribution in [3.8, 4) is 11.4 Å². The number of ether oxygens (including phenoxy) is 1. The molecular weight excluding hydrogens is 495 g/mol. The summed E-state index contributed by atoms with van der Waals surface area (Å²) in [4.78, 5) is 33.5. The number of nitrogens with zero attached hydrogens (tertiary/aromatic N) is 6. The Bertz CT molecular complexity index is 1440. The van der Waals surface area contributed by atoms with Crippen LogP contribution in [0, 0.1) is 5.82 Å². The quantitative estimate of drug-likeness (QED) is 0.274. The molecule has 4 N–H and O–H groups in total. The SMILES string of the molecule is CNC(=O)[C@H]1O[C@@H](n2cnc3c(NCc4cccc(Cl)n4)nc(-c4cncc(F)c4)nc32)[C@H](O)[C@@H]1O. The van der Waals surface area contributed by atoms with Crippen molar-refractivity contribution in [2.75, 3.05) is 12.4 Å². The molecule has 5 rings (SSSR count). The third kappa shape index (κ3) is 4.44. The number of aliphatic hydroxyl groups excluding tert-OH is 2. The van der Waals surface area contributed by atoms with E-state index in [-0.39, 0.29) is 23.8 Å². The summed E-state index contributed by atoms with van der Waals surface area (Å²) in [5.74, 6) is -0.760. The highest BCUT2D eigenvalue weighted by atomic mass is 35.5. The third-order valence-corrected chi connectivity index (χ3v) is 5.82. The van der Waals surface area contributed by atoms with Crippen LogP contribution in [0.2, 0.25) is 5.15 Å². The standard InChI is InChI=1S/C22H20ClFN8O4/c1-25-21(35)17-15(33)16(34)22(36-17)32-9-28-14-19(27-8-12-3-2-4-13(23)29-12)30-18(31-20(14)32)10-5-11(24)7-26-6-10/h2-7,9,15-17,22,33-34H,8H2,1H3,(H,25,35)(H,27,30,31)/t15-,16+,17-,22+/m0/s1. The Morgan fingerprint density at radius 1 is 1.22 bits per heavy atom. The molecule has 1 aliphatic rings. The van der Waals surface area contributed by atoms with Gasteiger partial charge in [-0.1, -0.05) is 17.7 Å². The van der Waals surface area contributed by atoms with E-state index < -0.39 is 36.3 Å². The average Bonchev–Trinajstić information content (AvgIpc) is 3.43. The smallest absolute Gasteiger partial charge is 0.251 e. The fourth-order valence-electron chi connectivity index (χ4n) is 3.86. The van der Waals surface area contributed by atoms with Crippen LogP contribution in [0.4, 0.5) is 10.2 Å². The minimum absolute atomic E-state index is 0.119. The molecule has 0 spiro atoms. The van der Waals surface area contributed by atoms with Crippen molar-refractivity contribution in [2.45, 2.75) is 31.1 Å². The molecule has 0 saturated carbocycles. The van der Waals surface area contributed by atoms with Gasteiger partial charge in [-0.15, -0.1) is 0 Å². The van der Waals surface area contributed by atoms with Crippen LogP contribution in [0.3, 0.4) is 0 Å². The molecule has 36 heavy (non-hydrogen) atoms. The Kier molecular flexibility index (Phi) is 6.45. The van der Waals surface area contributed by atoms with E-state index in [2.05, 4.69) is 35.6 Å². The number of fused-ring (bicyclic) bond motifs is 1. The zero-order chi connectivity index (χ0) is 25.4. The van der Waals surface area contributed by atoms with E-state index in [0.717, 1.165) is 6.20 Å². The molecule has 1 saturated heterocycles. The van der Waals surface area contributed by atoms with Gasteiger partial charge in [-0.3, -0.25) is 14.3 Å². The van der Waals surface area contributed by atoms with Crippen molar-refractivity contribution in [1.29, 1.82) is 0 Å². The highest BCUT2D eigenvalue weighted by Gasteiger charge is 2.47. The van der Waals surface area contributed by atoms with Crippen LogP contribution in [0.1, 0.15) is 11.9 Å². The summed E-state index contributed by atoms with van der Waals surface area (Å²) < 4.78 is 20.9. The lowest BCUT2D eigenvalue weighted by molar-refractivity contribution is -0.137. The third-order valence-electron chi connectivity index (χ3n) is 5.61. The maximum atomic E-state index is 13.9. The fourth-order valence-corrected chi connectivity index (χ4v) is 4.04. The van der Waals surface area contributed by atoms with Crippen LogP contribution in [0.5, 0.6) is 0 Å². The number of imidazole rings is 1. The summed E-state index contributed by atoms with van der Waals surface area (Å²) in [7, 11) is 1.39. The number of carbonyl (C=O) groups is 1. The van der Waals surface area contributed by atoms with Gasteiger partial charge in [0.25, 0.3) is 5.91 Å². The molecule has 12 nitrogen and oxygen atoms in total. The maximum absolute atomic E-state index is 13.9. The molecular formula is C22H20ClFN8O4. The maximum Gasteiger partial charge on any atom is 0.251 e. The summed E-state index contributed by atoms with van der Waals surface area (Å²) in [5, 5.41) is 26.9. The van der Waals surface area contributed by atoms with Crippen molar-refractivity contribution in [1.82, 2.24) is 34.8 Å². The van der Waals surface area contributed by atoms with Crippen molar-refractivity contribution in [2.24, 2.45) is 0 Å².